The Balaban J connectivity index is 1.85. The molecule has 0 aromatic carbocycles. The zero-order valence-electron chi connectivity index (χ0n) is 9.82. The van der Waals surface area contributed by atoms with E-state index in [-0.39, 0.29) is 0 Å². The number of aromatic nitrogens is 2. The van der Waals surface area contributed by atoms with E-state index in [1.165, 1.54) is 16.8 Å². The van der Waals surface area contributed by atoms with Gasteiger partial charge in [0.25, 0.3) is 0 Å². The van der Waals surface area contributed by atoms with Crippen LogP contribution in [0.15, 0.2) is 21.9 Å². The van der Waals surface area contributed by atoms with Gasteiger partial charge in [0.1, 0.15) is 5.84 Å². The van der Waals surface area contributed by atoms with Crippen LogP contribution in [0.25, 0.3) is 6.08 Å². The van der Waals surface area contributed by atoms with Crippen molar-refractivity contribution in [2.24, 2.45) is 10.1 Å². The highest BCUT2D eigenvalue weighted by molar-refractivity contribution is 6.07. The number of aromatic amines is 1. The van der Waals surface area contributed by atoms with Gasteiger partial charge in [0.05, 0.1) is 11.9 Å². The minimum absolute atomic E-state index is 0.949. The van der Waals surface area contributed by atoms with Crippen LogP contribution in [0, 0.1) is 0 Å². The van der Waals surface area contributed by atoms with E-state index in [1.807, 2.05) is 6.20 Å². The molecule has 1 aliphatic carbocycles. The Bertz CT molecular complexity index is 521. The predicted octanol–water partition coefficient (Wildman–Crippen LogP) is 1.51. The van der Waals surface area contributed by atoms with Crippen molar-refractivity contribution in [1.29, 1.82) is 0 Å². The van der Waals surface area contributed by atoms with Crippen molar-refractivity contribution in [2.45, 2.75) is 25.7 Å². The van der Waals surface area contributed by atoms with E-state index < -0.39 is 0 Å². The first kappa shape index (κ1) is 10.3. The number of aliphatic imine (C=N–C) groups is 1. The predicted molar refractivity (Wildman–Crippen MR) is 68.0 cm³/mol. The van der Waals surface area contributed by atoms with Crippen LogP contribution in [0.4, 0.5) is 0 Å². The molecule has 1 aliphatic heterocycles. The van der Waals surface area contributed by atoms with Crippen LogP contribution >= 0.6 is 0 Å². The third-order valence-electron chi connectivity index (χ3n) is 3.28. The van der Waals surface area contributed by atoms with E-state index >= 15 is 0 Å². The minimum atomic E-state index is 0.949. The second-order valence-corrected chi connectivity index (χ2v) is 4.31. The smallest absolute Gasteiger partial charge is 0.117 e. The molecule has 0 saturated heterocycles. The average Bonchev–Trinajstić information content (AvgIpc) is 2.86. The second-order valence-electron chi connectivity index (χ2n) is 4.31. The molecule has 2 aliphatic rings. The second kappa shape index (κ2) is 4.16. The molecular formula is C12H15N5. The van der Waals surface area contributed by atoms with Crippen molar-refractivity contribution in [3.05, 3.63) is 23.0 Å². The fourth-order valence-corrected chi connectivity index (χ4v) is 2.27. The number of aryl methyl sites for hydroxylation is 1. The van der Waals surface area contributed by atoms with Gasteiger partial charge in [-0.1, -0.05) is 0 Å². The van der Waals surface area contributed by atoms with Crippen molar-refractivity contribution in [3.8, 4) is 0 Å². The molecular weight excluding hydrogens is 214 g/mol. The number of rotatable bonds is 1. The molecule has 5 heteroatoms. The maximum Gasteiger partial charge on any atom is 0.117 e. The lowest BCUT2D eigenvalue weighted by Crippen LogP contribution is -2.27. The zero-order valence-corrected chi connectivity index (χ0v) is 9.82. The molecule has 3 rings (SSSR count). The van der Waals surface area contributed by atoms with Gasteiger partial charge in [-0.05, 0) is 30.9 Å². The summed E-state index contributed by atoms with van der Waals surface area (Å²) in [6, 6.07) is 0. The standard InChI is InChI=1S/C12H15N5/c1-13-12-5-4-10(16-17-12)8-2-3-11-9(6-8)7-14-15-11/h6-7H,2-5H2,1H3,(H,13,17)(H,14,15). The Kier molecular flexibility index (Phi) is 2.51. The fraction of sp³-hybridized carbons (Fsp3) is 0.417. The van der Waals surface area contributed by atoms with Gasteiger partial charge >= 0.3 is 0 Å². The first-order valence-corrected chi connectivity index (χ1v) is 5.88. The number of nitrogens with one attached hydrogen (secondary N) is 2. The van der Waals surface area contributed by atoms with Crippen molar-refractivity contribution in [2.75, 3.05) is 7.05 Å². The maximum absolute atomic E-state index is 4.40. The molecule has 0 amide bonds. The Labute approximate surface area is 99.7 Å². The summed E-state index contributed by atoms with van der Waals surface area (Å²) in [6.45, 7) is 0. The molecule has 0 bridgehead atoms. The van der Waals surface area contributed by atoms with E-state index in [1.54, 1.807) is 7.05 Å². The molecule has 0 unspecified atom stereocenters. The molecule has 1 aromatic heterocycles. The molecule has 0 saturated carbocycles. The topological polar surface area (TPSA) is 65.4 Å². The van der Waals surface area contributed by atoms with Crippen LogP contribution in [-0.2, 0) is 6.42 Å². The summed E-state index contributed by atoms with van der Waals surface area (Å²) in [5.74, 6) is 0.967. The lowest BCUT2D eigenvalue weighted by atomic mass is 9.92. The Hall–Kier alpha value is -1.91. The van der Waals surface area contributed by atoms with E-state index in [0.717, 1.165) is 37.2 Å². The van der Waals surface area contributed by atoms with Gasteiger partial charge in [-0.15, -0.1) is 0 Å². The van der Waals surface area contributed by atoms with Crippen LogP contribution in [0.1, 0.15) is 30.5 Å². The Morgan fingerprint density at radius 3 is 2.94 bits per heavy atom. The molecule has 17 heavy (non-hydrogen) atoms. The van der Waals surface area contributed by atoms with Gasteiger partial charge in [0.2, 0.25) is 0 Å². The molecule has 2 heterocycles. The molecule has 2 N–H and O–H groups in total. The van der Waals surface area contributed by atoms with Crippen molar-refractivity contribution >= 4 is 17.6 Å². The van der Waals surface area contributed by atoms with Crippen LogP contribution in [0.5, 0.6) is 0 Å². The van der Waals surface area contributed by atoms with Crippen LogP contribution in [0.3, 0.4) is 0 Å². The lowest BCUT2D eigenvalue weighted by Gasteiger charge is -2.19. The number of fused-ring (bicyclic) bond motifs is 1. The summed E-state index contributed by atoms with van der Waals surface area (Å²) in [4.78, 5) is 4.12. The molecule has 0 radical (unpaired) electrons. The number of hydrogen-bond acceptors (Lipinski definition) is 3. The van der Waals surface area contributed by atoms with Gasteiger partial charge in [0.15, 0.2) is 0 Å². The first-order chi connectivity index (χ1) is 8.36. The fourth-order valence-electron chi connectivity index (χ4n) is 2.27. The summed E-state index contributed by atoms with van der Waals surface area (Å²) < 4.78 is 0. The van der Waals surface area contributed by atoms with Gasteiger partial charge in [-0.25, -0.2) is 0 Å². The molecule has 88 valence electrons. The van der Waals surface area contributed by atoms with Crippen molar-refractivity contribution in [3.63, 3.8) is 0 Å². The Morgan fingerprint density at radius 1 is 1.24 bits per heavy atom. The van der Waals surface area contributed by atoms with E-state index in [2.05, 4.69) is 31.8 Å². The highest BCUT2D eigenvalue weighted by Gasteiger charge is 2.18. The van der Waals surface area contributed by atoms with Gasteiger partial charge in [-0.3, -0.25) is 15.5 Å². The van der Waals surface area contributed by atoms with Crippen molar-refractivity contribution < 1.29 is 0 Å². The number of allylic oxidation sites excluding steroid dienone is 1. The van der Waals surface area contributed by atoms with Crippen molar-refractivity contribution in [1.82, 2.24) is 15.6 Å². The van der Waals surface area contributed by atoms with Gasteiger partial charge < -0.3 is 0 Å². The molecule has 1 aromatic rings. The first-order valence-electron chi connectivity index (χ1n) is 5.88. The number of H-pyrrole nitrogens is 1. The van der Waals surface area contributed by atoms with E-state index in [9.17, 15) is 0 Å². The number of nitrogens with zero attached hydrogens (tertiary/aromatic N) is 3. The van der Waals surface area contributed by atoms with Crippen LogP contribution in [0.2, 0.25) is 0 Å². The largest absolute Gasteiger partial charge is 0.282 e. The molecule has 0 atom stereocenters. The quantitative estimate of drug-likeness (QED) is 0.766. The minimum Gasteiger partial charge on any atom is -0.282 e. The summed E-state index contributed by atoms with van der Waals surface area (Å²) in [5, 5.41) is 11.5. The molecule has 0 fully saturated rings. The lowest BCUT2D eigenvalue weighted by molar-refractivity contribution is 0.859. The zero-order chi connectivity index (χ0) is 11.7. The molecule has 5 nitrogen and oxygen atoms in total. The summed E-state index contributed by atoms with van der Waals surface area (Å²) in [5.41, 5.74) is 7.91. The number of amidine groups is 1. The monoisotopic (exact) mass is 229 g/mol. The maximum atomic E-state index is 4.40. The number of hydrogen-bond donors (Lipinski definition) is 2. The van der Waals surface area contributed by atoms with E-state index in [0.29, 0.717) is 0 Å². The average molecular weight is 229 g/mol. The highest BCUT2D eigenvalue weighted by Crippen LogP contribution is 2.24. The summed E-state index contributed by atoms with van der Waals surface area (Å²) >= 11 is 0. The normalized spacial score (nSPS) is 21.6. The number of hydrazone groups is 1. The van der Waals surface area contributed by atoms with Gasteiger partial charge in [0, 0.05) is 24.7 Å². The van der Waals surface area contributed by atoms with Crippen LogP contribution in [-0.4, -0.2) is 28.8 Å². The van der Waals surface area contributed by atoms with E-state index in [4.69, 9.17) is 0 Å². The Morgan fingerprint density at radius 2 is 2.18 bits per heavy atom. The molecule has 0 spiro atoms. The third-order valence-corrected chi connectivity index (χ3v) is 3.28. The third kappa shape index (κ3) is 1.88. The summed E-state index contributed by atoms with van der Waals surface area (Å²) in [7, 11) is 1.79. The van der Waals surface area contributed by atoms with Crippen LogP contribution < -0.4 is 5.43 Å². The SMILES string of the molecule is CN=C1CCC(C2=Cc3cn[nH]c3CC2)=NN1. The highest BCUT2D eigenvalue weighted by atomic mass is 15.3. The van der Waals surface area contributed by atoms with Gasteiger partial charge in [-0.2, -0.15) is 10.2 Å². The summed E-state index contributed by atoms with van der Waals surface area (Å²) in [6.07, 6.45) is 8.05.